The van der Waals surface area contributed by atoms with Crippen LogP contribution in [0.5, 0.6) is 34.5 Å². The van der Waals surface area contributed by atoms with Gasteiger partial charge >= 0.3 is 11.9 Å². The van der Waals surface area contributed by atoms with Crippen LogP contribution in [0.15, 0.2) is 6.07 Å². The zero-order valence-corrected chi connectivity index (χ0v) is 13.1. The molecule has 6 N–H and O–H groups in total. The third-order valence-electron chi connectivity index (χ3n) is 3.98. The predicted molar refractivity (Wildman–Crippen MR) is 82.3 cm³/mol. The van der Waals surface area contributed by atoms with Crippen LogP contribution < -0.4 is 0 Å². The van der Waals surface area contributed by atoms with E-state index in [1.54, 1.807) is 0 Å². The summed E-state index contributed by atoms with van der Waals surface area (Å²) >= 11 is 0. The van der Waals surface area contributed by atoms with Gasteiger partial charge in [0, 0.05) is 6.07 Å². The Morgan fingerprint density at radius 2 is 1.54 bits per heavy atom. The lowest BCUT2D eigenvalue weighted by Crippen LogP contribution is -2.03. The number of rotatable bonds is 2. The normalized spacial score (nSPS) is 12.6. The van der Waals surface area contributed by atoms with Crippen molar-refractivity contribution in [3.8, 4) is 45.6 Å². The smallest absolute Gasteiger partial charge is 0.342 e. The average Bonchev–Trinajstić information content (AvgIpc) is 3.00. The Labute approximate surface area is 144 Å². The lowest BCUT2D eigenvalue weighted by Gasteiger charge is -2.16. The van der Waals surface area contributed by atoms with Crippen molar-refractivity contribution in [1.29, 1.82) is 0 Å². The molecular formula is C16H12O10. The molecular weight excluding hydrogens is 352 g/mol. The first-order valence-corrected chi connectivity index (χ1v) is 7.04. The first-order chi connectivity index (χ1) is 12.2. The Balaban J connectivity index is 2.44. The molecule has 0 aliphatic carbocycles. The molecule has 0 atom stereocenters. The predicted octanol–water partition coefficient (Wildman–Crippen LogP) is 1.04. The van der Waals surface area contributed by atoms with Gasteiger partial charge in [-0.25, -0.2) is 9.59 Å². The lowest BCUT2D eigenvalue weighted by molar-refractivity contribution is 0.0531. The van der Waals surface area contributed by atoms with E-state index < -0.39 is 75.3 Å². The zero-order chi connectivity index (χ0) is 19.3. The number of fused-ring (bicyclic) bond motifs is 1. The second kappa shape index (κ2) is 5.62. The lowest BCUT2D eigenvalue weighted by atomic mass is 9.93. The SMILES string of the molecule is COC(=O)c1cc(O)c(O)c(-c2c(O)c(O)c3c(c2O)C(=O)OC3)c1O. The number of methoxy groups -OCH3 is 1. The number of benzene rings is 2. The van der Waals surface area contributed by atoms with Crippen LogP contribution in [0.2, 0.25) is 0 Å². The molecule has 0 aromatic heterocycles. The maximum Gasteiger partial charge on any atom is 0.342 e. The summed E-state index contributed by atoms with van der Waals surface area (Å²) in [5.41, 5.74) is -2.85. The number of phenols is 6. The number of phenolic OH excluding ortho intramolecular Hbond substituents is 6. The van der Waals surface area contributed by atoms with E-state index in [2.05, 4.69) is 9.47 Å². The van der Waals surface area contributed by atoms with Gasteiger partial charge in [-0.1, -0.05) is 0 Å². The summed E-state index contributed by atoms with van der Waals surface area (Å²) in [6, 6.07) is 0.704. The molecule has 0 unspecified atom stereocenters. The van der Waals surface area contributed by atoms with Crippen molar-refractivity contribution in [3.63, 3.8) is 0 Å². The van der Waals surface area contributed by atoms with E-state index in [1.807, 2.05) is 0 Å². The Morgan fingerprint density at radius 3 is 2.15 bits per heavy atom. The van der Waals surface area contributed by atoms with Gasteiger partial charge in [-0.05, 0) is 0 Å². The topological polar surface area (TPSA) is 174 Å². The number of carbonyl (C=O) groups excluding carboxylic acids is 2. The summed E-state index contributed by atoms with van der Waals surface area (Å²) in [6.07, 6.45) is 0. The third-order valence-corrected chi connectivity index (χ3v) is 3.98. The number of aromatic hydroxyl groups is 6. The first kappa shape index (κ1) is 17.0. The van der Waals surface area contributed by atoms with Crippen LogP contribution in [-0.2, 0) is 16.1 Å². The molecule has 0 amide bonds. The van der Waals surface area contributed by atoms with Gasteiger partial charge in [0.2, 0.25) is 0 Å². The number of esters is 2. The number of cyclic esters (lactones) is 1. The minimum Gasteiger partial charge on any atom is -0.506 e. The zero-order valence-electron chi connectivity index (χ0n) is 13.1. The van der Waals surface area contributed by atoms with Crippen LogP contribution in [0.4, 0.5) is 0 Å². The van der Waals surface area contributed by atoms with Gasteiger partial charge in [0.1, 0.15) is 29.2 Å². The second-order valence-electron chi connectivity index (χ2n) is 5.36. The third kappa shape index (κ3) is 2.12. The van der Waals surface area contributed by atoms with Crippen LogP contribution in [-0.4, -0.2) is 49.7 Å². The van der Waals surface area contributed by atoms with Gasteiger partial charge in [-0.3, -0.25) is 0 Å². The molecule has 10 nitrogen and oxygen atoms in total. The van der Waals surface area contributed by atoms with E-state index in [0.29, 0.717) is 6.07 Å². The van der Waals surface area contributed by atoms with Gasteiger partial charge in [-0.2, -0.15) is 0 Å². The molecule has 0 spiro atoms. The second-order valence-corrected chi connectivity index (χ2v) is 5.36. The highest BCUT2D eigenvalue weighted by molar-refractivity contribution is 6.05. The van der Waals surface area contributed by atoms with E-state index in [9.17, 15) is 40.2 Å². The molecule has 0 fully saturated rings. The fraction of sp³-hybridized carbons (Fsp3) is 0.125. The maximum atomic E-state index is 11.8. The standard InChI is InChI=1S/C16H12O10/c1-25-15(23)4-2-6(17)12(20)8(10(4)18)9-13(21)7-5(3-26-16(7)24)11(19)14(9)22/h2,17-22H,3H2,1H3. The van der Waals surface area contributed by atoms with Crippen molar-refractivity contribution in [3.05, 3.63) is 22.8 Å². The molecule has 26 heavy (non-hydrogen) atoms. The van der Waals surface area contributed by atoms with Crippen molar-refractivity contribution in [2.45, 2.75) is 6.61 Å². The largest absolute Gasteiger partial charge is 0.506 e. The van der Waals surface area contributed by atoms with Gasteiger partial charge in [0.25, 0.3) is 0 Å². The molecule has 2 aromatic rings. The van der Waals surface area contributed by atoms with Crippen LogP contribution in [0.3, 0.4) is 0 Å². The van der Waals surface area contributed by atoms with Crippen LogP contribution in [0.1, 0.15) is 26.3 Å². The van der Waals surface area contributed by atoms with Gasteiger partial charge in [-0.15, -0.1) is 0 Å². The van der Waals surface area contributed by atoms with Gasteiger partial charge < -0.3 is 40.1 Å². The summed E-state index contributed by atoms with van der Waals surface area (Å²) < 4.78 is 9.11. The number of carbonyl (C=O) groups is 2. The summed E-state index contributed by atoms with van der Waals surface area (Å²) in [7, 11) is 0.998. The molecule has 1 aliphatic rings. The van der Waals surface area contributed by atoms with Crippen LogP contribution >= 0.6 is 0 Å². The van der Waals surface area contributed by atoms with Crippen molar-refractivity contribution in [1.82, 2.24) is 0 Å². The Bertz CT molecular complexity index is 976. The fourth-order valence-electron chi connectivity index (χ4n) is 2.72. The molecule has 136 valence electrons. The number of hydrogen-bond acceptors (Lipinski definition) is 10. The van der Waals surface area contributed by atoms with E-state index >= 15 is 0 Å². The highest BCUT2D eigenvalue weighted by Gasteiger charge is 2.36. The molecule has 0 radical (unpaired) electrons. The number of hydrogen-bond donors (Lipinski definition) is 6. The summed E-state index contributed by atoms with van der Waals surface area (Å²) in [6.45, 7) is -0.410. The van der Waals surface area contributed by atoms with Crippen LogP contribution in [0, 0.1) is 0 Å². The molecule has 2 aromatic carbocycles. The van der Waals surface area contributed by atoms with Crippen molar-refractivity contribution >= 4 is 11.9 Å². The number of ether oxygens (including phenoxy) is 2. The first-order valence-electron chi connectivity index (χ1n) is 7.04. The summed E-state index contributed by atoms with van der Waals surface area (Å²) in [5.74, 6) is -7.75. The fourth-order valence-corrected chi connectivity index (χ4v) is 2.72. The minimum absolute atomic E-state index is 0.193. The van der Waals surface area contributed by atoms with Gasteiger partial charge in [0.05, 0.1) is 23.8 Å². The van der Waals surface area contributed by atoms with Crippen molar-refractivity contribution < 1.29 is 49.7 Å². The highest BCUT2D eigenvalue weighted by Crippen LogP contribution is 2.56. The monoisotopic (exact) mass is 364 g/mol. The quantitative estimate of drug-likeness (QED) is 0.257. The average molecular weight is 364 g/mol. The van der Waals surface area contributed by atoms with Gasteiger partial charge in [0.15, 0.2) is 23.0 Å². The maximum absolute atomic E-state index is 11.8. The van der Waals surface area contributed by atoms with E-state index in [4.69, 9.17) is 0 Å². The molecule has 0 saturated heterocycles. The summed E-state index contributed by atoms with van der Waals surface area (Å²) in [4.78, 5) is 23.5. The van der Waals surface area contributed by atoms with Crippen molar-refractivity contribution in [2.24, 2.45) is 0 Å². The highest BCUT2D eigenvalue weighted by atomic mass is 16.5. The molecule has 0 saturated carbocycles. The molecule has 10 heteroatoms. The Hall–Kier alpha value is -3.82. The van der Waals surface area contributed by atoms with Crippen LogP contribution in [0.25, 0.3) is 11.1 Å². The molecule has 0 bridgehead atoms. The molecule has 3 rings (SSSR count). The summed E-state index contributed by atoms with van der Waals surface area (Å²) in [5, 5.41) is 60.9. The molecule has 1 heterocycles. The minimum atomic E-state index is -1.09. The Morgan fingerprint density at radius 1 is 0.923 bits per heavy atom. The van der Waals surface area contributed by atoms with Crippen molar-refractivity contribution in [2.75, 3.05) is 7.11 Å². The van der Waals surface area contributed by atoms with E-state index in [0.717, 1.165) is 7.11 Å². The Kier molecular flexibility index (Phi) is 3.68. The molecule has 1 aliphatic heterocycles. The van der Waals surface area contributed by atoms with E-state index in [1.165, 1.54) is 0 Å². The van der Waals surface area contributed by atoms with E-state index in [-0.39, 0.29) is 5.56 Å².